The van der Waals surface area contributed by atoms with Crippen molar-refractivity contribution >= 4 is 17.3 Å². The molecular weight excluding hydrogens is 182 g/mol. The molecule has 3 nitrogen and oxygen atoms in total. The van der Waals surface area contributed by atoms with Crippen LogP contribution in [0.1, 0.15) is 17.4 Å². The molecule has 0 aliphatic rings. The molecule has 0 amide bonds. The Labute approximate surface area is 82.7 Å². The molecule has 0 bridgehead atoms. The second-order valence-corrected chi connectivity index (χ2v) is 3.82. The maximum absolute atomic E-state index is 5.58. The number of aryl methyl sites for hydroxylation is 1. The normalized spacial score (nSPS) is 11.7. The lowest BCUT2D eigenvalue weighted by Gasteiger charge is -1.99. The third kappa shape index (κ3) is 3.46. The molecule has 1 aromatic rings. The third-order valence-electron chi connectivity index (χ3n) is 1.55. The van der Waals surface area contributed by atoms with Gasteiger partial charge in [0.2, 0.25) is 0 Å². The molecule has 0 fully saturated rings. The van der Waals surface area contributed by atoms with E-state index in [9.17, 15) is 0 Å². The SMILES string of the molecule is CCNC(N)=NCc1cc(C)cs1. The summed E-state index contributed by atoms with van der Waals surface area (Å²) in [4.78, 5) is 5.44. The van der Waals surface area contributed by atoms with Gasteiger partial charge >= 0.3 is 0 Å². The molecule has 0 aliphatic heterocycles. The zero-order valence-electron chi connectivity index (χ0n) is 8.00. The van der Waals surface area contributed by atoms with Gasteiger partial charge < -0.3 is 11.1 Å². The van der Waals surface area contributed by atoms with Crippen LogP contribution in [0.3, 0.4) is 0 Å². The molecule has 0 saturated heterocycles. The highest BCUT2D eigenvalue weighted by Gasteiger charge is 1.95. The highest BCUT2D eigenvalue weighted by molar-refractivity contribution is 7.10. The molecule has 72 valence electrons. The summed E-state index contributed by atoms with van der Waals surface area (Å²) in [6.45, 7) is 5.57. The van der Waals surface area contributed by atoms with E-state index in [0.717, 1.165) is 6.54 Å². The fraction of sp³-hybridized carbons (Fsp3) is 0.444. The minimum Gasteiger partial charge on any atom is -0.370 e. The summed E-state index contributed by atoms with van der Waals surface area (Å²) in [6.07, 6.45) is 0. The van der Waals surface area contributed by atoms with Gasteiger partial charge in [-0.1, -0.05) is 0 Å². The molecule has 0 atom stereocenters. The molecule has 0 radical (unpaired) electrons. The first-order chi connectivity index (χ1) is 6.22. The summed E-state index contributed by atoms with van der Waals surface area (Å²) < 4.78 is 0. The van der Waals surface area contributed by atoms with Crippen LogP contribution in [0.25, 0.3) is 0 Å². The van der Waals surface area contributed by atoms with Crippen molar-refractivity contribution in [3.05, 3.63) is 21.9 Å². The summed E-state index contributed by atoms with van der Waals surface area (Å²) in [7, 11) is 0. The molecule has 0 saturated carbocycles. The first-order valence-corrected chi connectivity index (χ1v) is 5.18. The highest BCUT2D eigenvalue weighted by Crippen LogP contribution is 2.14. The largest absolute Gasteiger partial charge is 0.370 e. The number of aliphatic imine (C=N–C) groups is 1. The van der Waals surface area contributed by atoms with Gasteiger partial charge in [-0.25, -0.2) is 4.99 Å². The summed E-state index contributed by atoms with van der Waals surface area (Å²) in [6, 6.07) is 2.13. The minimum atomic E-state index is 0.522. The van der Waals surface area contributed by atoms with Gasteiger partial charge in [0.15, 0.2) is 5.96 Å². The maximum atomic E-state index is 5.58. The fourth-order valence-electron chi connectivity index (χ4n) is 0.974. The van der Waals surface area contributed by atoms with Crippen molar-refractivity contribution in [1.29, 1.82) is 0 Å². The second kappa shape index (κ2) is 4.87. The van der Waals surface area contributed by atoms with Gasteiger partial charge in [0.05, 0.1) is 6.54 Å². The van der Waals surface area contributed by atoms with E-state index >= 15 is 0 Å². The molecule has 13 heavy (non-hydrogen) atoms. The van der Waals surface area contributed by atoms with Crippen molar-refractivity contribution in [2.24, 2.45) is 10.7 Å². The summed E-state index contributed by atoms with van der Waals surface area (Å²) in [5.41, 5.74) is 6.87. The molecule has 0 aliphatic carbocycles. The van der Waals surface area contributed by atoms with Crippen LogP contribution in [-0.4, -0.2) is 12.5 Å². The zero-order chi connectivity index (χ0) is 9.68. The Morgan fingerprint density at radius 1 is 1.69 bits per heavy atom. The molecule has 3 N–H and O–H groups in total. The number of nitrogens with zero attached hydrogens (tertiary/aromatic N) is 1. The van der Waals surface area contributed by atoms with Crippen LogP contribution >= 0.6 is 11.3 Å². The quantitative estimate of drug-likeness (QED) is 0.569. The Morgan fingerprint density at radius 2 is 2.46 bits per heavy atom. The number of thiophene rings is 1. The van der Waals surface area contributed by atoms with Crippen LogP contribution in [0.2, 0.25) is 0 Å². The van der Waals surface area contributed by atoms with E-state index in [1.165, 1.54) is 10.4 Å². The van der Waals surface area contributed by atoms with Crippen LogP contribution in [0, 0.1) is 6.92 Å². The van der Waals surface area contributed by atoms with Crippen molar-refractivity contribution in [2.75, 3.05) is 6.54 Å². The predicted octanol–water partition coefficient (Wildman–Crippen LogP) is 1.48. The van der Waals surface area contributed by atoms with Crippen molar-refractivity contribution in [2.45, 2.75) is 20.4 Å². The van der Waals surface area contributed by atoms with E-state index in [4.69, 9.17) is 5.73 Å². The van der Waals surface area contributed by atoms with Crippen molar-refractivity contribution in [1.82, 2.24) is 5.32 Å². The molecule has 0 unspecified atom stereocenters. The van der Waals surface area contributed by atoms with E-state index in [0.29, 0.717) is 12.5 Å². The van der Waals surface area contributed by atoms with Crippen LogP contribution in [-0.2, 0) is 6.54 Å². The Balaban J connectivity index is 2.46. The van der Waals surface area contributed by atoms with Crippen molar-refractivity contribution in [3.63, 3.8) is 0 Å². The van der Waals surface area contributed by atoms with E-state index in [1.807, 2.05) is 6.92 Å². The van der Waals surface area contributed by atoms with E-state index in [-0.39, 0.29) is 0 Å². The molecule has 1 aromatic heterocycles. The van der Waals surface area contributed by atoms with Gasteiger partial charge in [-0.15, -0.1) is 11.3 Å². The smallest absolute Gasteiger partial charge is 0.188 e. The van der Waals surface area contributed by atoms with Crippen molar-refractivity contribution < 1.29 is 0 Å². The predicted molar refractivity (Wildman–Crippen MR) is 58.1 cm³/mol. The van der Waals surface area contributed by atoms with Crippen LogP contribution < -0.4 is 11.1 Å². The van der Waals surface area contributed by atoms with Crippen LogP contribution in [0.4, 0.5) is 0 Å². The number of nitrogens with two attached hydrogens (primary N) is 1. The lowest BCUT2D eigenvalue weighted by atomic mass is 10.3. The molecular formula is C9H15N3S. The molecule has 0 aromatic carbocycles. The van der Waals surface area contributed by atoms with Gasteiger partial charge in [-0.05, 0) is 30.9 Å². The summed E-state index contributed by atoms with van der Waals surface area (Å²) in [5.74, 6) is 0.522. The first kappa shape index (κ1) is 10.1. The topological polar surface area (TPSA) is 50.4 Å². The number of nitrogens with one attached hydrogen (secondary N) is 1. The van der Waals surface area contributed by atoms with Crippen LogP contribution in [0.15, 0.2) is 16.4 Å². The molecule has 4 heteroatoms. The zero-order valence-corrected chi connectivity index (χ0v) is 8.82. The van der Waals surface area contributed by atoms with E-state index < -0.39 is 0 Å². The van der Waals surface area contributed by atoms with Gasteiger partial charge in [0.25, 0.3) is 0 Å². The third-order valence-corrected chi connectivity index (χ3v) is 2.59. The lowest BCUT2D eigenvalue weighted by molar-refractivity contribution is 0.929. The average molecular weight is 197 g/mol. The summed E-state index contributed by atoms with van der Waals surface area (Å²) in [5, 5.41) is 5.07. The van der Waals surface area contributed by atoms with Gasteiger partial charge in [-0.3, -0.25) is 0 Å². The van der Waals surface area contributed by atoms with Crippen molar-refractivity contribution in [3.8, 4) is 0 Å². The maximum Gasteiger partial charge on any atom is 0.188 e. The highest BCUT2D eigenvalue weighted by atomic mass is 32.1. The van der Waals surface area contributed by atoms with Gasteiger partial charge in [-0.2, -0.15) is 0 Å². The van der Waals surface area contributed by atoms with Gasteiger partial charge in [0.1, 0.15) is 0 Å². The average Bonchev–Trinajstić information content (AvgIpc) is 2.49. The Bertz CT molecular complexity index is 291. The Morgan fingerprint density at radius 3 is 3.00 bits per heavy atom. The fourth-order valence-corrected chi connectivity index (χ4v) is 1.77. The Hall–Kier alpha value is -1.03. The second-order valence-electron chi connectivity index (χ2n) is 2.82. The molecule has 0 spiro atoms. The number of hydrogen-bond acceptors (Lipinski definition) is 2. The van der Waals surface area contributed by atoms with Crippen LogP contribution in [0.5, 0.6) is 0 Å². The van der Waals surface area contributed by atoms with Gasteiger partial charge in [0, 0.05) is 11.4 Å². The van der Waals surface area contributed by atoms with E-state index in [1.54, 1.807) is 11.3 Å². The number of guanidine groups is 1. The monoisotopic (exact) mass is 197 g/mol. The Kier molecular flexibility index (Phi) is 3.76. The minimum absolute atomic E-state index is 0.522. The number of hydrogen-bond donors (Lipinski definition) is 2. The summed E-state index contributed by atoms with van der Waals surface area (Å²) >= 11 is 1.72. The molecule has 1 rings (SSSR count). The lowest BCUT2D eigenvalue weighted by Crippen LogP contribution is -2.31. The molecule has 1 heterocycles. The first-order valence-electron chi connectivity index (χ1n) is 4.30. The van der Waals surface area contributed by atoms with E-state index in [2.05, 4.69) is 28.7 Å². The standard InChI is InChI=1S/C9H15N3S/c1-3-11-9(10)12-5-8-4-7(2)6-13-8/h4,6H,3,5H2,1-2H3,(H3,10,11,12). The number of rotatable bonds is 3.